The molecule has 0 saturated heterocycles. The number of hydrogen-bond donors (Lipinski definition) is 0. The van der Waals surface area contributed by atoms with Crippen LogP contribution in [0.4, 0.5) is 0 Å². The van der Waals surface area contributed by atoms with Crippen molar-refractivity contribution in [2.45, 2.75) is 36.7 Å². The van der Waals surface area contributed by atoms with Crippen molar-refractivity contribution in [3.05, 3.63) is 23.8 Å². The number of alkyl halides is 1. The Kier molecular flexibility index (Phi) is 2.10. The molecule has 0 aromatic carbocycles. The van der Waals surface area contributed by atoms with Crippen LogP contribution >= 0.6 is 11.6 Å². The Morgan fingerprint density at radius 2 is 2.35 bits per heavy atom. The Labute approximate surface area is 107 Å². The van der Waals surface area contributed by atoms with Crippen LogP contribution in [-0.2, 0) is 4.74 Å². The van der Waals surface area contributed by atoms with E-state index in [1.165, 1.54) is 5.57 Å². The molecule has 3 rings (SSSR count). The zero-order chi connectivity index (χ0) is 12.3. The van der Waals surface area contributed by atoms with Crippen molar-refractivity contribution in [1.82, 2.24) is 0 Å². The fourth-order valence-electron chi connectivity index (χ4n) is 4.34. The number of nitriles is 1. The largest absolute Gasteiger partial charge is 0.374 e. The lowest BCUT2D eigenvalue weighted by molar-refractivity contribution is -0.0723. The van der Waals surface area contributed by atoms with E-state index in [9.17, 15) is 5.26 Å². The maximum Gasteiger partial charge on any atom is 0.161 e. The average Bonchev–Trinajstić information content (AvgIpc) is 2.74. The molecule has 17 heavy (non-hydrogen) atoms. The average molecular weight is 250 g/mol. The molecule has 3 heteroatoms. The first-order valence-electron chi connectivity index (χ1n) is 6.07. The van der Waals surface area contributed by atoms with Gasteiger partial charge in [0.25, 0.3) is 0 Å². The van der Waals surface area contributed by atoms with Crippen molar-refractivity contribution >= 4 is 11.6 Å². The molecule has 0 aliphatic heterocycles. The summed E-state index contributed by atoms with van der Waals surface area (Å²) in [5, 5.41) is 9.50. The van der Waals surface area contributed by atoms with E-state index in [1.54, 1.807) is 7.11 Å². The van der Waals surface area contributed by atoms with Crippen LogP contribution in [0.25, 0.3) is 0 Å². The summed E-state index contributed by atoms with van der Waals surface area (Å²) in [5.41, 5.74) is 0.760. The zero-order valence-corrected chi connectivity index (χ0v) is 10.9. The molecule has 0 heterocycles. The van der Waals surface area contributed by atoms with Crippen LogP contribution < -0.4 is 0 Å². The highest BCUT2D eigenvalue weighted by Gasteiger charge is 2.73. The lowest BCUT2D eigenvalue weighted by Gasteiger charge is -2.44. The molecule has 0 spiro atoms. The summed E-state index contributed by atoms with van der Waals surface area (Å²) in [6.07, 6.45) is 8.99. The quantitative estimate of drug-likeness (QED) is 0.669. The Morgan fingerprint density at radius 1 is 1.59 bits per heavy atom. The van der Waals surface area contributed by atoms with E-state index >= 15 is 0 Å². The van der Waals surface area contributed by atoms with Crippen LogP contribution in [0.3, 0.4) is 0 Å². The summed E-state index contributed by atoms with van der Waals surface area (Å²) in [6.45, 7) is 2.21. The smallest absolute Gasteiger partial charge is 0.161 e. The van der Waals surface area contributed by atoms with Crippen LogP contribution in [-0.4, -0.2) is 17.6 Å². The first kappa shape index (κ1) is 11.3. The topological polar surface area (TPSA) is 33.0 Å². The van der Waals surface area contributed by atoms with Crippen LogP contribution in [0.2, 0.25) is 0 Å². The fraction of sp³-hybridized carbons (Fsp3) is 0.643. The van der Waals surface area contributed by atoms with Crippen molar-refractivity contribution in [3.63, 3.8) is 0 Å². The van der Waals surface area contributed by atoms with Crippen LogP contribution in [0.1, 0.15) is 26.2 Å². The number of nitrogens with zero attached hydrogens (tertiary/aromatic N) is 1. The van der Waals surface area contributed by atoms with E-state index in [2.05, 4.69) is 31.2 Å². The molecule has 0 radical (unpaired) electrons. The van der Waals surface area contributed by atoms with E-state index in [0.717, 1.165) is 12.8 Å². The van der Waals surface area contributed by atoms with Gasteiger partial charge in [0.05, 0.1) is 6.07 Å². The third-order valence-electron chi connectivity index (χ3n) is 5.30. The third-order valence-corrected chi connectivity index (χ3v) is 5.85. The molecular weight excluding hydrogens is 234 g/mol. The molecule has 2 nitrogen and oxygen atoms in total. The second kappa shape index (κ2) is 3.16. The Balaban J connectivity index is 2.25. The van der Waals surface area contributed by atoms with Gasteiger partial charge in [0, 0.05) is 12.5 Å². The number of hydrogen-bond acceptors (Lipinski definition) is 2. The SMILES string of the molecule is COC12CCC3=CC=CC(CC1(Cl)C#N)C32C. The number of ether oxygens (including phenoxy) is 1. The molecule has 3 aliphatic rings. The van der Waals surface area contributed by atoms with Crippen LogP contribution in [0, 0.1) is 22.7 Å². The van der Waals surface area contributed by atoms with Gasteiger partial charge in [0.1, 0.15) is 5.60 Å². The van der Waals surface area contributed by atoms with Crippen molar-refractivity contribution in [2.24, 2.45) is 11.3 Å². The normalized spacial score (nSPS) is 50.9. The van der Waals surface area contributed by atoms with Gasteiger partial charge >= 0.3 is 0 Å². The summed E-state index contributed by atoms with van der Waals surface area (Å²) in [7, 11) is 1.70. The highest BCUT2D eigenvalue weighted by molar-refractivity contribution is 6.27. The molecule has 0 aromatic heterocycles. The second-order valence-electron chi connectivity index (χ2n) is 5.53. The molecule has 2 saturated carbocycles. The van der Waals surface area contributed by atoms with Gasteiger partial charge in [0.2, 0.25) is 0 Å². The predicted molar refractivity (Wildman–Crippen MR) is 66.6 cm³/mol. The van der Waals surface area contributed by atoms with Crippen molar-refractivity contribution in [2.75, 3.05) is 7.11 Å². The minimum absolute atomic E-state index is 0.103. The minimum atomic E-state index is -0.897. The molecule has 4 unspecified atom stereocenters. The maximum absolute atomic E-state index is 9.50. The van der Waals surface area contributed by atoms with E-state index in [0.29, 0.717) is 12.3 Å². The molecule has 0 aromatic rings. The molecular formula is C14H16ClNO. The van der Waals surface area contributed by atoms with Gasteiger partial charge in [-0.3, -0.25) is 0 Å². The van der Waals surface area contributed by atoms with Crippen molar-refractivity contribution in [3.8, 4) is 6.07 Å². The third kappa shape index (κ3) is 0.975. The maximum atomic E-state index is 9.50. The molecule has 90 valence electrons. The Bertz CT molecular complexity index is 477. The Hall–Kier alpha value is -0.780. The van der Waals surface area contributed by atoms with Gasteiger partial charge in [-0.1, -0.05) is 42.3 Å². The first-order valence-corrected chi connectivity index (χ1v) is 6.45. The number of allylic oxidation sites excluding steroid dienone is 3. The minimum Gasteiger partial charge on any atom is -0.374 e. The number of methoxy groups -OCH3 is 1. The van der Waals surface area contributed by atoms with Gasteiger partial charge in [-0.15, -0.1) is 0 Å². The van der Waals surface area contributed by atoms with Crippen molar-refractivity contribution < 1.29 is 4.74 Å². The summed E-state index contributed by atoms with van der Waals surface area (Å²) in [4.78, 5) is -0.897. The highest BCUT2D eigenvalue weighted by Crippen LogP contribution is 2.70. The molecule has 0 bridgehead atoms. The van der Waals surface area contributed by atoms with Crippen LogP contribution in [0.15, 0.2) is 23.8 Å². The highest BCUT2D eigenvalue weighted by atomic mass is 35.5. The lowest BCUT2D eigenvalue weighted by Crippen LogP contribution is -2.53. The standard InChI is InChI=1S/C14H16ClNO/c1-12-10-4-3-5-11(12)8-13(15,9-16)14(12,17-2)7-6-10/h3-5,11H,6-8H2,1-2H3. The van der Waals surface area contributed by atoms with Crippen molar-refractivity contribution in [1.29, 1.82) is 5.26 Å². The monoisotopic (exact) mass is 249 g/mol. The predicted octanol–water partition coefficient (Wildman–Crippen LogP) is 3.19. The molecule has 2 fully saturated rings. The summed E-state index contributed by atoms with van der Waals surface area (Å²) in [5.74, 6) is 0.321. The summed E-state index contributed by atoms with van der Waals surface area (Å²) < 4.78 is 5.84. The van der Waals surface area contributed by atoms with E-state index < -0.39 is 10.5 Å². The summed E-state index contributed by atoms with van der Waals surface area (Å²) in [6, 6.07) is 2.32. The molecule has 0 N–H and O–H groups in total. The fourth-order valence-corrected chi connectivity index (χ4v) is 4.88. The van der Waals surface area contributed by atoms with Gasteiger partial charge < -0.3 is 4.74 Å². The van der Waals surface area contributed by atoms with E-state index in [4.69, 9.17) is 16.3 Å². The number of halogens is 1. The first-order chi connectivity index (χ1) is 8.04. The van der Waals surface area contributed by atoms with Gasteiger partial charge in [-0.2, -0.15) is 5.26 Å². The summed E-state index contributed by atoms with van der Waals surface area (Å²) >= 11 is 6.62. The van der Waals surface area contributed by atoms with Gasteiger partial charge in [0.15, 0.2) is 4.87 Å². The molecule has 0 amide bonds. The van der Waals surface area contributed by atoms with E-state index in [-0.39, 0.29) is 5.41 Å². The van der Waals surface area contributed by atoms with Crippen LogP contribution in [0.5, 0.6) is 0 Å². The molecule has 4 atom stereocenters. The van der Waals surface area contributed by atoms with Gasteiger partial charge in [-0.25, -0.2) is 0 Å². The zero-order valence-electron chi connectivity index (χ0n) is 10.2. The second-order valence-corrected chi connectivity index (χ2v) is 6.18. The lowest BCUT2D eigenvalue weighted by atomic mass is 9.67. The van der Waals surface area contributed by atoms with E-state index in [1.807, 2.05) is 0 Å². The Morgan fingerprint density at radius 3 is 3.00 bits per heavy atom. The molecule has 3 aliphatic carbocycles. The number of rotatable bonds is 1. The van der Waals surface area contributed by atoms with Gasteiger partial charge in [-0.05, 0) is 25.2 Å².